The largest absolute Gasteiger partial charge is 0.469 e. The van der Waals surface area contributed by atoms with E-state index in [1.54, 1.807) is 24.3 Å². The van der Waals surface area contributed by atoms with Crippen LogP contribution in [0.3, 0.4) is 0 Å². The minimum absolute atomic E-state index is 0.186. The van der Waals surface area contributed by atoms with Crippen molar-refractivity contribution in [1.82, 2.24) is 0 Å². The molecule has 0 aliphatic carbocycles. The zero-order chi connectivity index (χ0) is 9.68. The van der Waals surface area contributed by atoms with E-state index in [9.17, 15) is 8.68 Å². The number of benzene rings is 1. The lowest BCUT2D eigenvalue weighted by Crippen LogP contribution is -2.03. The van der Waals surface area contributed by atoms with Crippen molar-refractivity contribution < 1.29 is 13.4 Å². The van der Waals surface area contributed by atoms with Crippen molar-refractivity contribution in [2.24, 2.45) is 0 Å². The summed E-state index contributed by atoms with van der Waals surface area (Å²) in [5, 5.41) is 0. The van der Waals surface area contributed by atoms with Crippen LogP contribution in [-0.4, -0.2) is 13.1 Å². The molecule has 0 bridgehead atoms. The average molecular weight is 200 g/mol. The van der Waals surface area contributed by atoms with Gasteiger partial charge in [0.25, 0.3) is 0 Å². The van der Waals surface area contributed by atoms with Gasteiger partial charge in [0.15, 0.2) is 0 Å². The first kappa shape index (κ1) is 10.1. The summed E-state index contributed by atoms with van der Waals surface area (Å²) < 4.78 is 16.5. The van der Waals surface area contributed by atoms with Gasteiger partial charge in [0.05, 0.1) is 25.7 Å². The molecule has 0 saturated heterocycles. The quantitative estimate of drug-likeness (QED) is 0.701. The lowest BCUT2D eigenvalue weighted by molar-refractivity contribution is -0.139. The molecule has 0 heterocycles. The highest BCUT2D eigenvalue weighted by atomic mass is 32.2. The van der Waals surface area contributed by atoms with Crippen LogP contribution in [-0.2, 0) is 16.0 Å². The van der Waals surface area contributed by atoms with Gasteiger partial charge in [-0.25, -0.2) is 0 Å². The van der Waals surface area contributed by atoms with E-state index in [0.29, 0.717) is 4.90 Å². The minimum Gasteiger partial charge on any atom is -0.469 e. The second kappa shape index (κ2) is 4.87. The van der Waals surface area contributed by atoms with Crippen molar-refractivity contribution in [2.45, 2.75) is 11.3 Å². The van der Waals surface area contributed by atoms with Gasteiger partial charge in [-0.05, 0) is 17.7 Å². The Morgan fingerprint density at radius 3 is 2.54 bits per heavy atom. The maximum absolute atomic E-state index is 12.0. The van der Waals surface area contributed by atoms with Crippen molar-refractivity contribution in [2.75, 3.05) is 7.11 Å². The highest BCUT2D eigenvalue weighted by Gasteiger charge is 2.02. The molecular weight excluding hydrogens is 191 g/mol. The van der Waals surface area contributed by atoms with Crippen molar-refractivity contribution in [3.05, 3.63) is 29.8 Å². The number of methoxy groups -OCH3 is 1. The molecule has 0 atom stereocenters. The van der Waals surface area contributed by atoms with Crippen LogP contribution in [0.1, 0.15) is 5.56 Å². The monoisotopic (exact) mass is 200 g/mol. The Labute approximate surface area is 80.4 Å². The standard InChI is InChI=1S/C9H9FO2S/c1-12-9(11)6-7-2-4-8(13-10)5-3-7/h2-5H,6H2,1H3. The molecule has 0 aromatic heterocycles. The Bertz CT molecular complexity index is 284. The number of hydrogen-bond donors (Lipinski definition) is 0. The van der Waals surface area contributed by atoms with Crippen LogP contribution in [0.15, 0.2) is 29.2 Å². The van der Waals surface area contributed by atoms with Crippen molar-refractivity contribution in [3.63, 3.8) is 0 Å². The average Bonchev–Trinajstić information content (AvgIpc) is 2.19. The third-order valence-corrected chi connectivity index (χ3v) is 2.04. The van der Waals surface area contributed by atoms with Gasteiger partial charge in [0.2, 0.25) is 0 Å². The summed E-state index contributed by atoms with van der Waals surface area (Å²) in [5.74, 6) is -0.291. The van der Waals surface area contributed by atoms with Crippen molar-refractivity contribution in [3.8, 4) is 0 Å². The first-order chi connectivity index (χ1) is 6.26. The predicted molar refractivity (Wildman–Crippen MR) is 49.1 cm³/mol. The first-order valence-electron chi connectivity index (χ1n) is 3.70. The number of halogens is 1. The summed E-state index contributed by atoms with van der Waals surface area (Å²) in [6.07, 6.45) is 0.230. The number of ether oxygens (including phenoxy) is 1. The zero-order valence-corrected chi connectivity index (χ0v) is 7.94. The Balaban J connectivity index is 2.64. The van der Waals surface area contributed by atoms with E-state index in [-0.39, 0.29) is 24.5 Å². The van der Waals surface area contributed by atoms with Crippen molar-refractivity contribution >= 4 is 18.1 Å². The van der Waals surface area contributed by atoms with Gasteiger partial charge in [0, 0.05) is 4.90 Å². The van der Waals surface area contributed by atoms with Crippen LogP contribution in [0.5, 0.6) is 0 Å². The summed E-state index contributed by atoms with van der Waals surface area (Å²) in [7, 11) is 1.34. The number of esters is 1. The summed E-state index contributed by atoms with van der Waals surface area (Å²) in [6.45, 7) is 0. The molecule has 2 nitrogen and oxygen atoms in total. The molecule has 0 fully saturated rings. The summed E-state index contributed by atoms with van der Waals surface area (Å²) in [5.41, 5.74) is 0.824. The van der Waals surface area contributed by atoms with Gasteiger partial charge in [-0.1, -0.05) is 12.1 Å². The van der Waals surface area contributed by atoms with E-state index in [0.717, 1.165) is 5.56 Å². The molecule has 0 radical (unpaired) electrons. The molecule has 13 heavy (non-hydrogen) atoms. The van der Waals surface area contributed by atoms with Crippen LogP contribution < -0.4 is 0 Å². The van der Waals surface area contributed by atoms with Crippen molar-refractivity contribution in [1.29, 1.82) is 0 Å². The topological polar surface area (TPSA) is 26.3 Å². The molecule has 1 aromatic rings. The minimum atomic E-state index is -0.291. The smallest absolute Gasteiger partial charge is 0.309 e. The van der Waals surface area contributed by atoms with Crippen LogP contribution >= 0.6 is 12.1 Å². The highest BCUT2D eigenvalue weighted by molar-refractivity contribution is 7.94. The molecule has 1 rings (SSSR count). The molecule has 0 amide bonds. The van der Waals surface area contributed by atoms with Gasteiger partial charge in [0.1, 0.15) is 0 Å². The molecule has 4 heteroatoms. The first-order valence-corrected chi connectivity index (χ1v) is 4.42. The third-order valence-electron chi connectivity index (χ3n) is 1.59. The van der Waals surface area contributed by atoms with Gasteiger partial charge >= 0.3 is 5.97 Å². The van der Waals surface area contributed by atoms with E-state index in [2.05, 4.69) is 4.74 Å². The molecule has 0 spiro atoms. The van der Waals surface area contributed by atoms with Gasteiger partial charge < -0.3 is 4.74 Å². The fourth-order valence-electron chi connectivity index (χ4n) is 0.898. The van der Waals surface area contributed by atoms with E-state index in [1.807, 2.05) is 0 Å². The van der Waals surface area contributed by atoms with Gasteiger partial charge in [-0.3, -0.25) is 4.79 Å². The molecule has 0 saturated carbocycles. The molecule has 70 valence electrons. The van der Waals surface area contributed by atoms with E-state index >= 15 is 0 Å². The summed E-state index contributed by atoms with van der Waals surface area (Å²) in [4.78, 5) is 11.4. The Morgan fingerprint density at radius 1 is 1.46 bits per heavy atom. The third kappa shape index (κ3) is 3.06. The molecule has 0 unspecified atom stereocenters. The Hall–Kier alpha value is -1.03. The number of hydrogen-bond acceptors (Lipinski definition) is 3. The van der Waals surface area contributed by atoms with E-state index in [4.69, 9.17) is 0 Å². The second-order valence-electron chi connectivity index (χ2n) is 2.47. The molecule has 0 aliphatic rings. The van der Waals surface area contributed by atoms with Crippen LogP contribution in [0.25, 0.3) is 0 Å². The number of carbonyl (C=O) groups excluding carboxylic acids is 1. The van der Waals surface area contributed by atoms with Crippen LogP contribution in [0, 0.1) is 0 Å². The molecular formula is C9H9FO2S. The van der Waals surface area contributed by atoms with Crippen LogP contribution in [0.4, 0.5) is 3.89 Å². The Morgan fingerprint density at radius 2 is 2.08 bits per heavy atom. The Kier molecular flexibility index (Phi) is 3.76. The SMILES string of the molecule is COC(=O)Cc1ccc(SF)cc1. The maximum atomic E-state index is 12.0. The molecule has 0 N–H and O–H groups in total. The predicted octanol–water partition coefficient (Wildman–Crippen LogP) is 2.38. The summed E-state index contributed by atoms with van der Waals surface area (Å²) in [6, 6.07) is 6.67. The second-order valence-corrected chi connectivity index (χ2v) is 3.10. The normalized spacial score (nSPS) is 9.69. The van der Waals surface area contributed by atoms with E-state index in [1.165, 1.54) is 7.11 Å². The molecule has 0 aliphatic heterocycles. The fourth-order valence-corrected chi connectivity index (χ4v) is 1.14. The fraction of sp³-hybridized carbons (Fsp3) is 0.222. The number of rotatable bonds is 3. The highest BCUT2D eigenvalue weighted by Crippen LogP contribution is 2.18. The van der Waals surface area contributed by atoms with Gasteiger partial charge in [-0.2, -0.15) is 3.89 Å². The van der Waals surface area contributed by atoms with Crippen LogP contribution in [0.2, 0.25) is 0 Å². The van der Waals surface area contributed by atoms with E-state index < -0.39 is 0 Å². The van der Waals surface area contributed by atoms with Gasteiger partial charge in [-0.15, -0.1) is 0 Å². The zero-order valence-electron chi connectivity index (χ0n) is 7.12. The lowest BCUT2D eigenvalue weighted by atomic mass is 10.2. The lowest BCUT2D eigenvalue weighted by Gasteiger charge is -1.99. The number of carbonyl (C=O) groups is 1. The maximum Gasteiger partial charge on any atom is 0.309 e. The summed E-state index contributed by atoms with van der Waals surface area (Å²) >= 11 is 0.186. The molecule has 1 aromatic carbocycles.